The molecule has 3 aromatic heterocycles. The highest BCUT2D eigenvalue weighted by Gasteiger charge is 2.41. The van der Waals surface area contributed by atoms with E-state index in [9.17, 15) is 4.79 Å². The van der Waals surface area contributed by atoms with E-state index in [4.69, 9.17) is 4.98 Å². The fourth-order valence-corrected chi connectivity index (χ4v) is 5.36. The van der Waals surface area contributed by atoms with E-state index in [1.165, 1.54) is 12.8 Å². The first kappa shape index (κ1) is 19.2. The van der Waals surface area contributed by atoms with Gasteiger partial charge in [-0.05, 0) is 19.3 Å². The summed E-state index contributed by atoms with van der Waals surface area (Å²) in [6, 6.07) is 0.335. The van der Waals surface area contributed by atoms with Crippen molar-refractivity contribution in [2.75, 3.05) is 16.8 Å². The lowest BCUT2D eigenvalue weighted by molar-refractivity contribution is -0.109. The molecule has 0 spiro atoms. The molecule has 1 aliphatic carbocycles. The van der Waals surface area contributed by atoms with E-state index in [0.29, 0.717) is 12.0 Å². The molecule has 5 rings (SSSR count). The van der Waals surface area contributed by atoms with Crippen LogP contribution in [0.4, 0.5) is 11.5 Å². The average Bonchev–Trinajstić information content (AvgIpc) is 3.55. The number of likely N-dealkylation sites (N-methyl/N-ethyl adjacent to an activating group) is 1. The summed E-state index contributed by atoms with van der Waals surface area (Å²) in [5.74, 6) is 1.50. The van der Waals surface area contributed by atoms with Crippen LogP contribution in [0.5, 0.6) is 0 Å². The minimum atomic E-state index is -0.193. The zero-order valence-electron chi connectivity index (χ0n) is 17.2. The lowest BCUT2D eigenvalue weighted by atomic mass is 9.97. The number of aromatic nitrogens is 5. The molecule has 0 amide bonds. The molecule has 2 aliphatic rings. The molecule has 2 unspecified atom stereocenters. The molecule has 0 N–H and O–H groups in total. The first-order chi connectivity index (χ1) is 14.7. The van der Waals surface area contributed by atoms with Gasteiger partial charge in [0.05, 0.1) is 23.4 Å². The van der Waals surface area contributed by atoms with E-state index in [0.717, 1.165) is 48.4 Å². The number of aldehydes is 1. The van der Waals surface area contributed by atoms with Crippen molar-refractivity contribution >= 4 is 29.1 Å². The monoisotopic (exact) mass is 423 g/mol. The van der Waals surface area contributed by atoms with Gasteiger partial charge in [-0.1, -0.05) is 19.8 Å². The van der Waals surface area contributed by atoms with Crippen LogP contribution >= 0.6 is 11.3 Å². The van der Waals surface area contributed by atoms with Crippen molar-refractivity contribution < 1.29 is 4.79 Å². The van der Waals surface area contributed by atoms with Gasteiger partial charge in [-0.25, -0.2) is 15.0 Å². The average molecular weight is 424 g/mol. The third kappa shape index (κ3) is 3.08. The second kappa shape index (κ2) is 7.79. The maximum absolute atomic E-state index is 12.0. The van der Waals surface area contributed by atoms with Crippen LogP contribution in [0.2, 0.25) is 0 Å². The number of carbonyl (C=O) groups excluding carboxylic acids is 1. The zero-order chi connectivity index (χ0) is 20.7. The van der Waals surface area contributed by atoms with Gasteiger partial charge in [0.15, 0.2) is 5.82 Å². The Bertz CT molecular complexity index is 1030. The van der Waals surface area contributed by atoms with Crippen LogP contribution in [0.1, 0.15) is 39.0 Å². The summed E-state index contributed by atoms with van der Waals surface area (Å²) in [7, 11) is 1.97. The van der Waals surface area contributed by atoms with Crippen molar-refractivity contribution in [2.24, 2.45) is 0 Å². The SMILES string of the molecule is CCC1C(C=O)N(C)c2cnc(-n3cnc(-c4cscn4)c3)nc2N1C1CCCC1. The lowest BCUT2D eigenvalue weighted by Crippen LogP contribution is -2.58. The van der Waals surface area contributed by atoms with Crippen molar-refractivity contribution in [3.8, 4) is 17.3 Å². The highest BCUT2D eigenvalue weighted by atomic mass is 32.1. The minimum absolute atomic E-state index is 0.110. The van der Waals surface area contributed by atoms with Gasteiger partial charge >= 0.3 is 0 Å². The molecule has 1 saturated carbocycles. The van der Waals surface area contributed by atoms with Crippen molar-refractivity contribution in [2.45, 2.75) is 57.2 Å². The molecule has 0 radical (unpaired) electrons. The van der Waals surface area contributed by atoms with E-state index in [1.54, 1.807) is 23.2 Å². The number of rotatable bonds is 5. The van der Waals surface area contributed by atoms with E-state index in [2.05, 4.69) is 26.8 Å². The Labute approximate surface area is 179 Å². The van der Waals surface area contributed by atoms with Gasteiger partial charge in [0.25, 0.3) is 0 Å². The summed E-state index contributed by atoms with van der Waals surface area (Å²) in [6.45, 7) is 2.15. The molecule has 9 heteroatoms. The number of hydrogen-bond acceptors (Lipinski definition) is 8. The Hall–Kier alpha value is -2.81. The predicted molar refractivity (Wildman–Crippen MR) is 117 cm³/mol. The normalized spacial score (nSPS) is 21.8. The molecule has 2 atom stereocenters. The fraction of sp³-hybridized carbons (Fsp3) is 0.476. The van der Waals surface area contributed by atoms with Crippen LogP contribution in [-0.4, -0.2) is 56.0 Å². The van der Waals surface area contributed by atoms with Crippen molar-refractivity contribution in [1.82, 2.24) is 24.5 Å². The highest BCUT2D eigenvalue weighted by Crippen LogP contribution is 2.41. The van der Waals surface area contributed by atoms with Gasteiger partial charge in [-0.3, -0.25) is 4.57 Å². The number of imidazole rings is 1. The number of nitrogens with zero attached hydrogens (tertiary/aromatic N) is 7. The molecular weight excluding hydrogens is 398 g/mol. The Balaban J connectivity index is 1.58. The van der Waals surface area contributed by atoms with Crippen LogP contribution in [0, 0.1) is 0 Å². The van der Waals surface area contributed by atoms with Gasteiger partial charge in [0.1, 0.15) is 30.0 Å². The van der Waals surface area contributed by atoms with Crippen molar-refractivity contribution in [1.29, 1.82) is 0 Å². The third-order valence-electron chi connectivity index (χ3n) is 6.34. The van der Waals surface area contributed by atoms with Crippen LogP contribution in [0.15, 0.2) is 29.6 Å². The summed E-state index contributed by atoms with van der Waals surface area (Å²) >= 11 is 1.55. The Morgan fingerprint density at radius 3 is 2.73 bits per heavy atom. The molecule has 156 valence electrons. The zero-order valence-corrected chi connectivity index (χ0v) is 18.0. The van der Waals surface area contributed by atoms with E-state index in [-0.39, 0.29) is 12.1 Å². The Kier molecular flexibility index (Phi) is 4.98. The largest absolute Gasteiger partial charge is 0.359 e. The van der Waals surface area contributed by atoms with Crippen molar-refractivity contribution in [3.05, 3.63) is 29.6 Å². The number of fused-ring (bicyclic) bond motifs is 1. The number of carbonyl (C=O) groups is 1. The highest BCUT2D eigenvalue weighted by molar-refractivity contribution is 7.07. The molecule has 4 heterocycles. The first-order valence-electron chi connectivity index (χ1n) is 10.5. The molecule has 0 bridgehead atoms. The summed E-state index contributed by atoms with van der Waals surface area (Å²) in [4.78, 5) is 34.8. The molecule has 8 nitrogen and oxygen atoms in total. The number of thiazole rings is 1. The number of hydrogen-bond donors (Lipinski definition) is 0. The van der Waals surface area contributed by atoms with Gasteiger partial charge in [-0.2, -0.15) is 4.98 Å². The Morgan fingerprint density at radius 1 is 1.20 bits per heavy atom. The second-order valence-electron chi connectivity index (χ2n) is 7.98. The van der Waals surface area contributed by atoms with Gasteiger partial charge in [0, 0.05) is 24.7 Å². The standard InChI is InChI=1S/C21H25N7OS/c1-3-17-19(10-29)26(2)18-8-22-21(25-20(18)28(17)14-6-4-5-7-14)27-9-15(23-12-27)16-11-30-13-24-16/h8-14,17,19H,3-7H2,1-2H3. The van der Waals surface area contributed by atoms with Crippen LogP contribution in [0.25, 0.3) is 17.3 Å². The molecule has 0 saturated heterocycles. The Morgan fingerprint density at radius 2 is 2.03 bits per heavy atom. The lowest BCUT2D eigenvalue weighted by Gasteiger charge is -2.48. The molecule has 30 heavy (non-hydrogen) atoms. The molecule has 3 aromatic rings. The maximum atomic E-state index is 12.0. The third-order valence-corrected chi connectivity index (χ3v) is 6.93. The smallest absolute Gasteiger partial charge is 0.237 e. The molecular formula is C21H25N7OS. The van der Waals surface area contributed by atoms with E-state index >= 15 is 0 Å². The van der Waals surface area contributed by atoms with Gasteiger partial charge in [0.2, 0.25) is 5.95 Å². The van der Waals surface area contributed by atoms with Crippen LogP contribution in [-0.2, 0) is 4.79 Å². The minimum Gasteiger partial charge on any atom is -0.359 e. The summed E-state index contributed by atoms with van der Waals surface area (Å²) in [6.07, 6.45) is 12.2. The fourth-order valence-electron chi connectivity index (χ4n) is 4.81. The van der Waals surface area contributed by atoms with E-state index in [1.807, 2.05) is 34.3 Å². The maximum Gasteiger partial charge on any atom is 0.237 e. The van der Waals surface area contributed by atoms with Gasteiger partial charge < -0.3 is 14.6 Å². The molecule has 1 aliphatic heterocycles. The topological polar surface area (TPSA) is 80.0 Å². The van der Waals surface area contributed by atoms with Gasteiger partial charge in [-0.15, -0.1) is 11.3 Å². The number of anilines is 2. The summed E-state index contributed by atoms with van der Waals surface area (Å²) < 4.78 is 1.84. The summed E-state index contributed by atoms with van der Waals surface area (Å²) in [5.41, 5.74) is 4.36. The van der Waals surface area contributed by atoms with Crippen LogP contribution in [0.3, 0.4) is 0 Å². The first-order valence-corrected chi connectivity index (χ1v) is 11.4. The molecule has 1 fully saturated rings. The predicted octanol–water partition coefficient (Wildman–Crippen LogP) is 3.33. The second-order valence-corrected chi connectivity index (χ2v) is 8.70. The quantitative estimate of drug-likeness (QED) is 0.582. The van der Waals surface area contributed by atoms with E-state index < -0.39 is 0 Å². The summed E-state index contributed by atoms with van der Waals surface area (Å²) in [5, 5.41) is 1.97. The van der Waals surface area contributed by atoms with Crippen LogP contribution < -0.4 is 9.80 Å². The molecule has 0 aromatic carbocycles. The van der Waals surface area contributed by atoms with Crippen molar-refractivity contribution in [3.63, 3.8) is 0 Å².